The smallest absolute Gasteiger partial charge is 0.169 e. The molecule has 0 amide bonds. The Labute approximate surface area is 96.0 Å². The Morgan fingerprint density at radius 3 is 2.56 bits per heavy atom. The van der Waals surface area contributed by atoms with Gasteiger partial charge in [0.1, 0.15) is 6.33 Å². The van der Waals surface area contributed by atoms with Gasteiger partial charge in [-0.3, -0.25) is 4.68 Å². The zero-order valence-corrected chi connectivity index (χ0v) is 10.1. The van der Waals surface area contributed by atoms with E-state index in [9.17, 15) is 0 Å². The highest BCUT2D eigenvalue weighted by Gasteiger charge is 2.07. The van der Waals surface area contributed by atoms with E-state index in [0.29, 0.717) is 26.3 Å². The van der Waals surface area contributed by atoms with Gasteiger partial charge in [0.05, 0.1) is 6.54 Å². The Hall–Kier alpha value is -0.980. The van der Waals surface area contributed by atoms with E-state index in [1.54, 1.807) is 11.0 Å². The van der Waals surface area contributed by atoms with Crippen molar-refractivity contribution in [2.24, 2.45) is 7.05 Å². The fourth-order valence-corrected chi connectivity index (χ4v) is 1.30. The summed E-state index contributed by atoms with van der Waals surface area (Å²) in [6.45, 7) is 6.46. The Morgan fingerprint density at radius 1 is 1.38 bits per heavy atom. The second-order valence-electron chi connectivity index (χ2n) is 3.31. The van der Waals surface area contributed by atoms with Crippen LogP contribution in [0.25, 0.3) is 0 Å². The van der Waals surface area contributed by atoms with Crippen LogP contribution in [-0.4, -0.2) is 40.8 Å². The molecule has 1 heterocycles. The van der Waals surface area contributed by atoms with Crippen LogP contribution in [0.3, 0.4) is 0 Å². The third-order valence-electron chi connectivity index (χ3n) is 1.95. The van der Waals surface area contributed by atoms with Gasteiger partial charge in [-0.25, -0.2) is 4.98 Å². The molecule has 0 saturated heterocycles. The fourth-order valence-electron chi connectivity index (χ4n) is 1.30. The monoisotopic (exact) mass is 228 g/mol. The molecule has 0 spiro atoms. The summed E-state index contributed by atoms with van der Waals surface area (Å²) >= 11 is 0. The maximum absolute atomic E-state index is 5.39. The number of rotatable bonds is 8. The topological polar surface area (TPSA) is 61.2 Å². The molecule has 0 aliphatic carbocycles. The third-order valence-corrected chi connectivity index (χ3v) is 1.95. The Kier molecular flexibility index (Phi) is 5.99. The lowest BCUT2D eigenvalue weighted by Gasteiger charge is -2.16. The van der Waals surface area contributed by atoms with Crippen molar-refractivity contribution in [1.82, 2.24) is 20.1 Å². The third kappa shape index (κ3) is 4.69. The molecule has 1 aromatic rings. The van der Waals surface area contributed by atoms with E-state index >= 15 is 0 Å². The number of aromatic nitrogens is 3. The number of hydrogen-bond donors (Lipinski definition) is 1. The number of nitrogens with zero attached hydrogens (tertiary/aromatic N) is 3. The van der Waals surface area contributed by atoms with Crippen molar-refractivity contribution < 1.29 is 9.47 Å². The maximum Gasteiger partial charge on any atom is 0.169 e. The van der Waals surface area contributed by atoms with E-state index in [4.69, 9.17) is 9.47 Å². The fraction of sp³-hybridized carbons (Fsp3) is 0.800. The standard InChI is InChI=1S/C10H20N4O2/c1-4-15-10(16-5-2)7-11-6-9-12-8-14(3)13-9/h8,10-11H,4-7H2,1-3H3. The molecule has 0 radical (unpaired) electrons. The van der Waals surface area contributed by atoms with Crippen LogP contribution in [0.1, 0.15) is 19.7 Å². The van der Waals surface area contributed by atoms with E-state index in [0.717, 1.165) is 5.82 Å². The van der Waals surface area contributed by atoms with Crippen LogP contribution in [0.15, 0.2) is 6.33 Å². The van der Waals surface area contributed by atoms with Crippen molar-refractivity contribution in [3.05, 3.63) is 12.2 Å². The predicted molar refractivity (Wildman–Crippen MR) is 59.7 cm³/mol. The highest BCUT2D eigenvalue weighted by Crippen LogP contribution is 1.94. The minimum Gasteiger partial charge on any atom is -0.352 e. The summed E-state index contributed by atoms with van der Waals surface area (Å²) in [5.74, 6) is 0.772. The van der Waals surface area contributed by atoms with Crippen molar-refractivity contribution in [2.75, 3.05) is 19.8 Å². The number of aryl methyl sites for hydroxylation is 1. The van der Waals surface area contributed by atoms with Gasteiger partial charge in [-0.1, -0.05) is 0 Å². The molecule has 0 fully saturated rings. The molecule has 0 aromatic carbocycles. The molecule has 0 aliphatic rings. The van der Waals surface area contributed by atoms with Crippen molar-refractivity contribution in [3.63, 3.8) is 0 Å². The van der Waals surface area contributed by atoms with Gasteiger partial charge in [-0.15, -0.1) is 0 Å². The summed E-state index contributed by atoms with van der Waals surface area (Å²) in [6.07, 6.45) is 1.48. The van der Waals surface area contributed by atoms with Crippen LogP contribution in [0.4, 0.5) is 0 Å². The van der Waals surface area contributed by atoms with Crippen molar-refractivity contribution in [3.8, 4) is 0 Å². The molecule has 1 N–H and O–H groups in total. The lowest BCUT2D eigenvalue weighted by atomic mass is 10.5. The summed E-state index contributed by atoms with van der Waals surface area (Å²) in [5.41, 5.74) is 0. The van der Waals surface area contributed by atoms with Gasteiger partial charge in [0.25, 0.3) is 0 Å². The maximum atomic E-state index is 5.39. The molecule has 0 atom stereocenters. The van der Waals surface area contributed by atoms with Gasteiger partial charge in [0, 0.05) is 26.8 Å². The second-order valence-corrected chi connectivity index (χ2v) is 3.31. The average Bonchev–Trinajstić information content (AvgIpc) is 2.65. The van der Waals surface area contributed by atoms with Crippen molar-refractivity contribution in [1.29, 1.82) is 0 Å². The van der Waals surface area contributed by atoms with Crippen LogP contribution in [-0.2, 0) is 23.1 Å². The zero-order valence-electron chi connectivity index (χ0n) is 10.1. The molecule has 1 rings (SSSR count). The highest BCUT2D eigenvalue weighted by atomic mass is 16.7. The summed E-state index contributed by atoms with van der Waals surface area (Å²) in [4.78, 5) is 4.11. The van der Waals surface area contributed by atoms with E-state index in [1.807, 2.05) is 20.9 Å². The molecular weight excluding hydrogens is 208 g/mol. The molecular formula is C10H20N4O2. The molecule has 1 aromatic heterocycles. The van der Waals surface area contributed by atoms with Gasteiger partial charge in [0.15, 0.2) is 12.1 Å². The molecule has 6 nitrogen and oxygen atoms in total. The Balaban J connectivity index is 2.21. The summed E-state index contributed by atoms with van der Waals surface area (Å²) in [6, 6.07) is 0. The first kappa shape index (κ1) is 13.1. The lowest BCUT2D eigenvalue weighted by Crippen LogP contribution is -2.31. The van der Waals surface area contributed by atoms with Crippen LogP contribution in [0, 0.1) is 0 Å². The predicted octanol–water partition coefficient (Wildman–Crippen LogP) is 0.304. The first-order chi connectivity index (χ1) is 7.76. The van der Waals surface area contributed by atoms with Gasteiger partial charge in [-0.05, 0) is 13.8 Å². The molecule has 92 valence electrons. The normalized spacial score (nSPS) is 11.2. The van der Waals surface area contributed by atoms with Gasteiger partial charge in [-0.2, -0.15) is 5.10 Å². The minimum absolute atomic E-state index is 0.196. The summed E-state index contributed by atoms with van der Waals surface area (Å²) < 4.78 is 12.5. The molecule has 0 bridgehead atoms. The highest BCUT2D eigenvalue weighted by molar-refractivity contribution is 4.79. The first-order valence-corrected chi connectivity index (χ1v) is 5.54. The van der Waals surface area contributed by atoms with E-state index in [1.165, 1.54) is 0 Å². The molecule has 0 aliphatic heterocycles. The van der Waals surface area contributed by atoms with Crippen LogP contribution >= 0.6 is 0 Å². The van der Waals surface area contributed by atoms with E-state index in [2.05, 4.69) is 15.4 Å². The quantitative estimate of drug-likeness (QED) is 0.649. The number of nitrogens with one attached hydrogen (secondary N) is 1. The van der Waals surface area contributed by atoms with Gasteiger partial charge in [0.2, 0.25) is 0 Å². The SMILES string of the molecule is CCOC(CNCc1ncn(C)n1)OCC. The number of hydrogen-bond acceptors (Lipinski definition) is 5. The van der Waals surface area contributed by atoms with Crippen LogP contribution < -0.4 is 5.32 Å². The molecule has 0 unspecified atom stereocenters. The van der Waals surface area contributed by atoms with Crippen molar-refractivity contribution >= 4 is 0 Å². The van der Waals surface area contributed by atoms with Gasteiger partial charge >= 0.3 is 0 Å². The first-order valence-electron chi connectivity index (χ1n) is 5.54. The van der Waals surface area contributed by atoms with Crippen LogP contribution in [0.2, 0.25) is 0 Å². The zero-order chi connectivity index (χ0) is 11.8. The molecule has 0 saturated carbocycles. The van der Waals surface area contributed by atoms with E-state index < -0.39 is 0 Å². The lowest BCUT2D eigenvalue weighted by molar-refractivity contribution is -0.133. The van der Waals surface area contributed by atoms with Crippen molar-refractivity contribution in [2.45, 2.75) is 26.7 Å². The Morgan fingerprint density at radius 2 is 2.06 bits per heavy atom. The summed E-state index contributed by atoms with van der Waals surface area (Å²) in [5, 5.41) is 7.36. The Bertz CT molecular complexity index is 284. The molecule has 16 heavy (non-hydrogen) atoms. The minimum atomic E-state index is -0.196. The largest absolute Gasteiger partial charge is 0.352 e. The van der Waals surface area contributed by atoms with E-state index in [-0.39, 0.29) is 6.29 Å². The number of ether oxygens (including phenoxy) is 2. The molecule has 6 heteroatoms. The van der Waals surface area contributed by atoms with Crippen LogP contribution in [0.5, 0.6) is 0 Å². The average molecular weight is 228 g/mol. The van der Waals surface area contributed by atoms with Gasteiger partial charge < -0.3 is 14.8 Å². The summed E-state index contributed by atoms with van der Waals surface area (Å²) in [7, 11) is 1.85. The second kappa shape index (κ2) is 7.32.